The summed E-state index contributed by atoms with van der Waals surface area (Å²) in [5, 5.41) is 26.7. The molecule has 45 heavy (non-hydrogen) atoms. The highest BCUT2D eigenvalue weighted by atomic mass is 32.2. The minimum atomic E-state index is -4.36. The van der Waals surface area contributed by atoms with Gasteiger partial charge in [-0.15, -0.1) is 0 Å². The van der Waals surface area contributed by atoms with Gasteiger partial charge in [-0.2, -0.15) is 4.31 Å². The van der Waals surface area contributed by atoms with Gasteiger partial charge in [0.15, 0.2) is 0 Å². The maximum absolute atomic E-state index is 14.1. The highest BCUT2D eigenvalue weighted by molar-refractivity contribution is 7.89. The van der Waals surface area contributed by atoms with Crippen LogP contribution in [-0.2, 0) is 35.7 Å². The summed E-state index contributed by atoms with van der Waals surface area (Å²) in [6, 6.07) is 5.62. The van der Waals surface area contributed by atoms with Crippen molar-refractivity contribution in [3.8, 4) is 0 Å². The van der Waals surface area contributed by atoms with Crippen LogP contribution >= 0.6 is 0 Å². The molecule has 4 saturated heterocycles. The van der Waals surface area contributed by atoms with Gasteiger partial charge in [-0.1, -0.05) is 6.07 Å². The fraction of sp³-hybridized carbons (Fsp3) is 0.517. The molecule has 0 unspecified atom stereocenters. The number of piperazine rings is 1. The summed E-state index contributed by atoms with van der Waals surface area (Å²) in [6.07, 6.45) is -1.65. The molecular weight excluding hydrogens is 611 g/mol. The zero-order valence-corrected chi connectivity index (χ0v) is 25.1. The van der Waals surface area contributed by atoms with Crippen molar-refractivity contribution in [3.63, 3.8) is 0 Å². The lowest BCUT2D eigenvalue weighted by molar-refractivity contribution is -0.140. The number of hydrogen-bond acceptors (Lipinski definition) is 10. The molecule has 4 N–H and O–H groups in total. The van der Waals surface area contributed by atoms with Crippen molar-refractivity contribution < 1.29 is 42.1 Å². The van der Waals surface area contributed by atoms with E-state index in [1.807, 2.05) is 17.0 Å². The average Bonchev–Trinajstić information content (AvgIpc) is 3.53. The van der Waals surface area contributed by atoms with E-state index in [0.717, 1.165) is 22.0 Å². The molecule has 7 atom stereocenters. The number of hydrogen-bond donors (Lipinski definition) is 4. The number of nitrogens with one attached hydrogen (secondary N) is 2. The summed E-state index contributed by atoms with van der Waals surface area (Å²) in [5.41, 5.74) is 0.895. The minimum absolute atomic E-state index is 0.0217. The summed E-state index contributed by atoms with van der Waals surface area (Å²) in [4.78, 5) is 47.8. The summed E-state index contributed by atoms with van der Waals surface area (Å²) in [5.74, 6) is -2.25. The van der Waals surface area contributed by atoms with Crippen molar-refractivity contribution in [2.45, 2.75) is 66.8 Å². The van der Waals surface area contributed by atoms with Gasteiger partial charge >= 0.3 is 0 Å². The van der Waals surface area contributed by atoms with Crippen LogP contribution in [-0.4, -0.2) is 131 Å². The second-order valence-corrected chi connectivity index (χ2v) is 13.7. The minimum Gasteiger partial charge on any atom is -0.388 e. The zero-order valence-electron chi connectivity index (χ0n) is 24.2. The summed E-state index contributed by atoms with van der Waals surface area (Å²) in [7, 11) is -4.36. The average molecular weight is 647 g/mol. The highest BCUT2D eigenvalue weighted by Crippen LogP contribution is 2.28. The van der Waals surface area contributed by atoms with Gasteiger partial charge in [0.25, 0.3) is 0 Å². The maximum Gasteiger partial charge on any atom is 0.244 e. The molecule has 16 heteroatoms. The van der Waals surface area contributed by atoms with Gasteiger partial charge < -0.3 is 30.5 Å². The van der Waals surface area contributed by atoms with Gasteiger partial charge in [-0.3, -0.25) is 24.3 Å². The lowest BCUT2D eigenvalue weighted by Gasteiger charge is -2.41. The Morgan fingerprint density at radius 1 is 1.00 bits per heavy atom. The van der Waals surface area contributed by atoms with Crippen molar-refractivity contribution >= 4 is 27.7 Å². The third-order valence-electron chi connectivity index (χ3n) is 8.86. The van der Waals surface area contributed by atoms with E-state index >= 15 is 0 Å². The molecule has 0 saturated carbocycles. The number of fused-ring (bicyclic) bond motifs is 6. The second-order valence-electron chi connectivity index (χ2n) is 11.8. The molecule has 14 nitrogen and oxygen atoms in total. The van der Waals surface area contributed by atoms with Crippen LogP contribution in [0.15, 0.2) is 53.7 Å². The van der Waals surface area contributed by atoms with E-state index in [9.17, 15) is 37.4 Å². The van der Waals surface area contributed by atoms with E-state index in [4.69, 9.17) is 4.74 Å². The Bertz CT molecular complexity index is 1550. The number of amides is 3. The third kappa shape index (κ3) is 6.43. The van der Waals surface area contributed by atoms with Gasteiger partial charge in [0, 0.05) is 57.7 Å². The number of rotatable bonds is 4. The molecule has 4 aliphatic rings. The number of halogens is 1. The first-order valence-corrected chi connectivity index (χ1v) is 16.2. The van der Waals surface area contributed by atoms with Crippen molar-refractivity contribution in [2.24, 2.45) is 0 Å². The van der Waals surface area contributed by atoms with Gasteiger partial charge in [0.1, 0.15) is 30.2 Å². The highest BCUT2D eigenvalue weighted by Gasteiger charge is 2.48. The maximum atomic E-state index is 14.1. The monoisotopic (exact) mass is 646 g/mol. The Balaban J connectivity index is 1.33. The van der Waals surface area contributed by atoms with Crippen LogP contribution in [0.1, 0.15) is 18.4 Å². The predicted molar refractivity (Wildman–Crippen MR) is 154 cm³/mol. The number of pyridine rings is 1. The number of ether oxygens (including phenoxy) is 1. The summed E-state index contributed by atoms with van der Waals surface area (Å²) < 4.78 is 48.1. The van der Waals surface area contributed by atoms with Crippen LogP contribution in [0.5, 0.6) is 0 Å². The van der Waals surface area contributed by atoms with Crippen LogP contribution in [0.2, 0.25) is 0 Å². The Kier molecular flexibility index (Phi) is 8.87. The Hall–Kier alpha value is -3.54. The fourth-order valence-electron chi connectivity index (χ4n) is 6.56. The van der Waals surface area contributed by atoms with Crippen molar-refractivity contribution in [1.82, 2.24) is 29.7 Å². The molecule has 0 radical (unpaired) electrons. The first-order chi connectivity index (χ1) is 21.5. The van der Waals surface area contributed by atoms with Crippen LogP contribution < -0.4 is 10.6 Å². The normalized spacial score (nSPS) is 31.9. The molecule has 242 valence electrons. The number of nitrogens with zero attached hydrogens (tertiary/aromatic N) is 4. The van der Waals surface area contributed by atoms with Crippen LogP contribution in [0.25, 0.3) is 0 Å². The zero-order chi connectivity index (χ0) is 31.9. The lowest BCUT2D eigenvalue weighted by Crippen LogP contribution is -2.63. The van der Waals surface area contributed by atoms with Gasteiger partial charge in [-0.05, 0) is 42.3 Å². The van der Waals surface area contributed by atoms with E-state index in [1.54, 1.807) is 12.4 Å². The summed E-state index contributed by atoms with van der Waals surface area (Å²) >= 11 is 0. The lowest BCUT2D eigenvalue weighted by atomic mass is 10.0. The van der Waals surface area contributed by atoms with E-state index in [1.165, 1.54) is 17.0 Å². The number of benzene rings is 1. The Morgan fingerprint density at radius 3 is 2.51 bits per heavy atom. The van der Waals surface area contributed by atoms with Crippen molar-refractivity contribution in [2.75, 3.05) is 32.7 Å². The molecule has 0 spiro atoms. The SMILES string of the molecule is O=C1C[C@@H]2O[C@H](CNC(=O)[C@@H]3CN(CCN3S(=O)(=O)c3cccc(F)c3)C(=O)[C@@H]3C[C@@H](CN3Cc3ccncc3)N1)[C@@H](O)[C@H]2O. The standard InChI is InChI=1S/C29H35FN6O8S/c30-18-2-1-3-20(10-18)45(42,43)36-9-8-34-16-22(36)28(40)32-13-24-27(39)26(38)23(44-24)12-25(37)33-19-11-21(29(34)41)35(15-19)14-17-4-6-31-7-5-17/h1-7,10,19,21-24,26-27,38-39H,8-9,11-16H2,(H,32,40)(H,33,37)/t19-,21-,22-,23-,24+,26-,27+/m0/s1. The molecule has 0 aliphatic carbocycles. The smallest absolute Gasteiger partial charge is 0.244 e. The van der Waals surface area contributed by atoms with Gasteiger partial charge in [-0.25, -0.2) is 12.8 Å². The molecule has 1 aromatic heterocycles. The third-order valence-corrected chi connectivity index (χ3v) is 10.8. The molecule has 3 amide bonds. The van der Waals surface area contributed by atoms with Crippen LogP contribution in [0.3, 0.4) is 0 Å². The molecule has 6 rings (SSSR count). The number of carbonyl (C=O) groups excluding carboxylic acids is 3. The van der Waals surface area contributed by atoms with Gasteiger partial charge in [0.05, 0.1) is 23.5 Å². The Labute approximate surface area is 259 Å². The first kappa shape index (κ1) is 31.4. The summed E-state index contributed by atoms with van der Waals surface area (Å²) in [6.45, 7) is -0.119. The quantitative estimate of drug-likeness (QED) is 0.296. The van der Waals surface area contributed by atoms with E-state index in [0.29, 0.717) is 13.1 Å². The van der Waals surface area contributed by atoms with Crippen molar-refractivity contribution in [3.05, 3.63) is 60.2 Å². The second kappa shape index (κ2) is 12.7. The van der Waals surface area contributed by atoms with E-state index < -0.39 is 70.2 Å². The molecular formula is C29H35FN6O8S. The number of sulfonamides is 1. The predicted octanol–water partition coefficient (Wildman–Crippen LogP) is -1.81. The number of aliphatic hydroxyl groups excluding tert-OH is 2. The number of likely N-dealkylation sites (tertiary alicyclic amines) is 1. The first-order valence-electron chi connectivity index (χ1n) is 14.8. The Morgan fingerprint density at radius 2 is 1.76 bits per heavy atom. The van der Waals surface area contributed by atoms with Crippen LogP contribution in [0, 0.1) is 5.82 Å². The number of aromatic nitrogens is 1. The molecule has 4 fully saturated rings. The fourth-order valence-corrected chi connectivity index (χ4v) is 8.16. The largest absolute Gasteiger partial charge is 0.388 e. The number of aliphatic hydroxyl groups is 2. The molecule has 5 heterocycles. The van der Waals surface area contributed by atoms with Gasteiger partial charge in [0.2, 0.25) is 27.7 Å². The number of carbonyl (C=O) groups is 3. The molecule has 2 aromatic rings. The molecule has 4 aliphatic heterocycles. The van der Waals surface area contributed by atoms with Crippen molar-refractivity contribution in [1.29, 1.82) is 0 Å². The molecule has 1 aromatic carbocycles. The van der Waals surface area contributed by atoms with Crippen LogP contribution in [0.4, 0.5) is 4.39 Å². The topological polar surface area (TPSA) is 182 Å². The van der Waals surface area contributed by atoms with E-state index in [-0.39, 0.29) is 49.8 Å². The van der Waals surface area contributed by atoms with E-state index in [2.05, 4.69) is 15.6 Å². The molecule has 6 bridgehead atoms.